The number of nitrogen functional groups attached to an aromatic ring is 1. The lowest BCUT2D eigenvalue weighted by Crippen LogP contribution is -2.27. The van der Waals surface area contributed by atoms with E-state index in [1.165, 1.54) is 14.1 Å². The molecular formula is C18H23N3O3S. The number of carbonyl (C=O) groups is 1. The van der Waals surface area contributed by atoms with E-state index < -0.39 is 10.0 Å². The largest absolute Gasteiger partial charge is 0.399 e. The lowest BCUT2D eigenvalue weighted by molar-refractivity contribution is 0.0939. The predicted octanol–water partition coefficient (Wildman–Crippen LogP) is 2.32. The van der Waals surface area contributed by atoms with Gasteiger partial charge in [-0.25, -0.2) is 12.7 Å². The quantitative estimate of drug-likeness (QED) is 0.800. The van der Waals surface area contributed by atoms with Gasteiger partial charge in [0, 0.05) is 25.3 Å². The van der Waals surface area contributed by atoms with Gasteiger partial charge in [0.1, 0.15) is 0 Å². The van der Waals surface area contributed by atoms with Crippen molar-refractivity contribution in [1.82, 2.24) is 9.62 Å². The maximum atomic E-state index is 12.4. The van der Waals surface area contributed by atoms with Crippen LogP contribution < -0.4 is 11.1 Å². The highest BCUT2D eigenvalue weighted by Crippen LogP contribution is 2.19. The fourth-order valence-corrected chi connectivity index (χ4v) is 3.28. The van der Waals surface area contributed by atoms with Crippen molar-refractivity contribution < 1.29 is 13.2 Å². The average molecular weight is 361 g/mol. The molecule has 0 aliphatic heterocycles. The van der Waals surface area contributed by atoms with Gasteiger partial charge >= 0.3 is 0 Å². The number of nitrogens with zero attached hydrogens (tertiary/aromatic N) is 1. The van der Waals surface area contributed by atoms with Crippen molar-refractivity contribution in [2.75, 3.05) is 19.8 Å². The topological polar surface area (TPSA) is 92.5 Å². The van der Waals surface area contributed by atoms with E-state index in [2.05, 4.69) is 5.32 Å². The summed E-state index contributed by atoms with van der Waals surface area (Å²) in [5, 5.41) is 2.91. The lowest BCUT2D eigenvalue weighted by Gasteiger charge is -2.17. The molecular weight excluding hydrogens is 338 g/mol. The second kappa shape index (κ2) is 7.25. The third-order valence-corrected chi connectivity index (χ3v) is 5.84. The number of carbonyl (C=O) groups excluding carboxylic acids is 1. The van der Waals surface area contributed by atoms with Gasteiger partial charge in [-0.3, -0.25) is 4.79 Å². The van der Waals surface area contributed by atoms with E-state index in [4.69, 9.17) is 5.73 Å². The van der Waals surface area contributed by atoms with Crippen LogP contribution in [0.4, 0.5) is 5.69 Å². The molecule has 1 amide bonds. The number of benzene rings is 2. The van der Waals surface area contributed by atoms with E-state index in [1.54, 1.807) is 42.5 Å². The Morgan fingerprint density at radius 3 is 2.28 bits per heavy atom. The minimum absolute atomic E-state index is 0.214. The summed E-state index contributed by atoms with van der Waals surface area (Å²) in [5.41, 5.74) is 8.46. The Morgan fingerprint density at radius 1 is 1.12 bits per heavy atom. The first-order valence-corrected chi connectivity index (χ1v) is 9.26. The van der Waals surface area contributed by atoms with Crippen molar-refractivity contribution >= 4 is 21.6 Å². The normalized spacial score (nSPS) is 12.8. The number of hydrogen-bond acceptors (Lipinski definition) is 4. The van der Waals surface area contributed by atoms with Crippen LogP contribution in [0.25, 0.3) is 0 Å². The summed E-state index contributed by atoms with van der Waals surface area (Å²) in [6.07, 6.45) is 0. The smallest absolute Gasteiger partial charge is 0.252 e. The molecule has 2 aromatic rings. The van der Waals surface area contributed by atoms with Gasteiger partial charge in [-0.05, 0) is 49.2 Å². The molecule has 1 unspecified atom stereocenters. The SMILES string of the molecule is Cc1ccc(N)cc1C(=O)NC(C)c1ccc(S(=O)(=O)N(C)C)cc1. The zero-order valence-corrected chi connectivity index (χ0v) is 15.6. The summed E-state index contributed by atoms with van der Waals surface area (Å²) in [6, 6.07) is 11.4. The first-order valence-electron chi connectivity index (χ1n) is 7.82. The number of sulfonamides is 1. The third-order valence-electron chi connectivity index (χ3n) is 4.01. The van der Waals surface area contributed by atoms with Crippen molar-refractivity contribution in [3.8, 4) is 0 Å². The van der Waals surface area contributed by atoms with E-state index in [9.17, 15) is 13.2 Å². The highest BCUT2D eigenvalue weighted by molar-refractivity contribution is 7.89. The molecule has 134 valence electrons. The summed E-state index contributed by atoms with van der Waals surface area (Å²) in [5.74, 6) is -0.220. The van der Waals surface area contributed by atoms with Crippen LogP contribution in [-0.4, -0.2) is 32.7 Å². The summed E-state index contributed by atoms with van der Waals surface area (Å²) in [4.78, 5) is 12.7. The molecule has 0 heterocycles. The van der Waals surface area contributed by atoms with Gasteiger partial charge in [-0.1, -0.05) is 18.2 Å². The van der Waals surface area contributed by atoms with Crippen LogP contribution >= 0.6 is 0 Å². The Balaban J connectivity index is 2.17. The molecule has 3 N–H and O–H groups in total. The molecule has 0 saturated carbocycles. The highest BCUT2D eigenvalue weighted by atomic mass is 32.2. The third kappa shape index (κ3) is 4.18. The number of anilines is 1. The molecule has 25 heavy (non-hydrogen) atoms. The number of nitrogens with one attached hydrogen (secondary N) is 1. The summed E-state index contributed by atoms with van der Waals surface area (Å²) in [7, 11) is -0.491. The molecule has 0 bridgehead atoms. The molecule has 0 radical (unpaired) electrons. The lowest BCUT2D eigenvalue weighted by atomic mass is 10.1. The molecule has 0 fully saturated rings. The van der Waals surface area contributed by atoms with Crippen molar-refractivity contribution in [3.05, 3.63) is 59.2 Å². The first kappa shape index (κ1) is 19.0. The van der Waals surface area contributed by atoms with Crippen LogP contribution in [0.5, 0.6) is 0 Å². The second-order valence-corrected chi connectivity index (χ2v) is 8.28. The van der Waals surface area contributed by atoms with Gasteiger partial charge in [0.25, 0.3) is 5.91 Å². The molecule has 7 heteroatoms. The van der Waals surface area contributed by atoms with Crippen LogP contribution in [0.2, 0.25) is 0 Å². The number of amides is 1. The Labute approximate surface area is 148 Å². The zero-order chi connectivity index (χ0) is 18.8. The van der Waals surface area contributed by atoms with E-state index in [0.29, 0.717) is 11.3 Å². The van der Waals surface area contributed by atoms with E-state index in [1.807, 2.05) is 13.8 Å². The van der Waals surface area contributed by atoms with Crippen LogP contribution in [0.1, 0.15) is 34.5 Å². The molecule has 0 aliphatic rings. The summed E-state index contributed by atoms with van der Waals surface area (Å²) >= 11 is 0. The number of aryl methyl sites for hydroxylation is 1. The van der Waals surface area contributed by atoms with Crippen LogP contribution in [0.15, 0.2) is 47.4 Å². The Bertz CT molecular complexity index is 875. The molecule has 0 spiro atoms. The molecule has 0 aliphatic carbocycles. The van der Waals surface area contributed by atoms with Crippen LogP contribution in [0.3, 0.4) is 0 Å². The van der Waals surface area contributed by atoms with E-state index >= 15 is 0 Å². The molecule has 0 aromatic heterocycles. The molecule has 2 aromatic carbocycles. The number of rotatable bonds is 5. The van der Waals surface area contributed by atoms with Gasteiger partial charge in [0.15, 0.2) is 0 Å². The average Bonchev–Trinajstić information content (AvgIpc) is 2.56. The Hall–Kier alpha value is -2.38. The number of nitrogens with two attached hydrogens (primary N) is 1. The van der Waals surface area contributed by atoms with Gasteiger partial charge in [0.2, 0.25) is 10.0 Å². The van der Waals surface area contributed by atoms with Crippen molar-refractivity contribution in [2.45, 2.75) is 24.8 Å². The Kier molecular flexibility index (Phi) is 5.49. The monoisotopic (exact) mass is 361 g/mol. The standard InChI is InChI=1S/C18H23N3O3S/c1-12-5-8-15(19)11-17(12)18(22)20-13(2)14-6-9-16(10-7-14)25(23,24)21(3)4/h5-11,13H,19H2,1-4H3,(H,20,22). The highest BCUT2D eigenvalue weighted by Gasteiger charge is 2.18. The van der Waals surface area contributed by atoms with Crippen molar-refractivity contribution in [1.29, 1.82) is 0 Å². The van der Waals surface area contributed by atoms with Crippen LogP contribution in [-0.2, 0) is 10.0 Å². The molecule has 0 saturated heterocycles. The van der Waals surface area contributed by atoms with Gasteiger partial charge < -0.3 is 11.1 Å². The fraction of sp³-hybridized carbons (Fsp3) is 0.278. The zero-order valence-electron chi connectivity index (χ0n) is 14.8. The maximum Gasteiger partial charge on any atom is 0.252 e. The van der Waals surface area contributed by atoms with E-state index in [-0.39, 0.29) is 16.8 Å². The molecule has 2 rings (SSSR count). The molecule has 6 nitrogen and oxygen atoms in total. The van der Waals surface area contributed by atoms with Gasteiger partial charge in [0.05, 0.1) is 10.9 Å². The predicted molar refractivity (Wildman–Crippen MR) is 98.8 cm³/mol. The van der Waals surface area contributed by atoms with Crippen molar-refractivity contribution in [3.63, 3.8) is 0 Å². The molecule has 1 atom stereocenters. The summed E-state index contributed by atoms with van der Waals surface area (Å²) in [6.45, 7) is 3.69. The second-order valence-electron chi connectivity index (χ2n) is 6.13. The van der Waals surface area contributed by atoms with Crippen LogP contribution in [0, 0.1) is 6.92 Å². The minimum atomic E-state index is -3.46. The van der Waals surface area contributed by atoms with Gasteiger partial charge in [-0.15, -0.1) is 0 Å². The fourth-order valence-electron chi connectivity index (χ4n) is 2.38. The minimum Gasteiger partial charge on any atom is -0.399 e. The van der Waals surface area contributed by atoms with Crippen molar-refractivity contribution in [2.24, 2.45) is 0 Å². The number of hydrogen-bond donors (Lipinski definition) is 2. The maximum absolute atomic E-state index is 12.4. The van der Waals surface area contributed by atoms with Gasteiger partial charge in [-0.2, -0.15) is 0 Å². The van der Waals surface area contributed by atoms with E-state index in [0.717, 1.165) is 15.4 Å². The summed E-state index contributed by atoms with van der Waals surface area (Å²) < 4.78 is 25.3. The Morgan fingerprint density at radius 2 is 1.72 bits per heavy atom. The first-order chi connectivity index (χ1) is 11.6.